The summed E-state index contributed by atoms with van der Waals surface area (Å²) < 4.78 is 28.8. The Morgan fingerprint density at radius 2 is 1.82 bits per heavy atom. The van der Waals surface area contributed by atoms with E-state index in [0.717, 1.165) is 16.1 Å². The van der Waals surface area contributed by atoms with Gasteiger partial charge in [0, 0.05) is 17.4 Å². The molecule has 0 fully saturated rings. The second-order valence-corrected chi connectivity index (χ2v) is 6.86. The second kappa shape index (κ2) is 9.32. The number of carbonyl (C=O) groups excluding carboxylic acids is 1. The van der Waals surface area contributed by atoms with Crippen LogP contribution in [0.1, 0.15) is 17.7 Å². The summed E-state index contributed by atoms with van der Waals surface area (Å²) in [7, 11) is 3.15. The number of rotatable bonds is 8. The Hall–Kier alpha value is -2.93. The smallest absolute Gasteiger partial charge is 0.306 e. The van der Waals surface area contributed by atoms with Gasteiger partial charge in [-0.2, -0.15) is 0 Å². The predicted octanol–water partition coefficient (Wildman–Crippen LogP) is 4.64. The molecule has 0 aliphatic heterocycles. The summed E-state index contributed by atoms with van der Waals surface area (Å²) in [5.74, 6) is 0.688. The number of esters is 1. The lowest BCUT2D eigenvalue weighted by Gasteiger charge is -2.09. The molecular weight excluding hydrogens is 381 g/mol. The molecule has 7 heteroatoms. The maximum absolute atomic E-state index is 13.0. The van der Waals surface area contributed by atoms with E-state index in [9.17, 15) is 9.18 Å². The van der Waals surface area contributed by atoms with Crippen molar-refractivity contribution in [1.82, 2.24) is 4.98 Å². The van der Waals surface area contributed by atoms with Crippen LogP contribution in [0.15, 0.2) is 47.8 Å². The third-order valence-corrected chi connectivity index (χ3v) is 5.03. The first-order valence-corrected chi connectivity index (χ1v) is 9.54. The molecule has 0 saturated heterocycles. The number of aryl methyl sites for hydroxylation is 1. The second-order valence-electron chi connectivity index (χ2n) is 6.00. The summed E-state index contributed by atoms with van der Waals surface area (Å²) in [6.45, 7) is 0.114. The molecule has 3 aromatic rings. The molecule has 0 N–H and O–H groups in total. The van der Waals surface area contributed by atoms with Gasteiger partial charge in [-0.3, -0.25) is 4.79 Å². The third-order valence-electron chi connectivity index (χ3n) is 4.09. The zero-order chi connectivity index (χ0) is 19.9. The standard InChI is InChI=1S/C21H20FNO4S/c1-25-18-9-3-14(11-19(18)26-2)4-10-20(24)27-12-17-13-28-21(23-17)15-5-7-16(22)8-6-15/h3,5-9,11,13H,4,10,12H2,1-2H3. The highest BCUT2D eigenvalue weighted by atomic mass is 32.1. The average Bonchev–Trinajstić information content (AvgIpc) is 3.20. The van der Waals surface area contributed by atoms with Gasteiger partial charge in [-0.25, -0.2) is 9.37 Å². The van der Waals surface area contributed by atoms with E-state index in [1.54, 1.807) is 26.4 Å². The number of carbonyl (C=O) groups is 1. The summed E-state index contributed by atoms with van der Waals surface area (Å²) in [4.78, 5) is 16.5. The number of benzene rings is 2. The van der Waals surface area contributed by atoms with Crippen molar-refractivity contribution in [2.75, 3.05) is 14.2 Å². The molecule has 0 atom stereocenters. The van der Waals surface area contributed by atoms with Crippen LogP contribution in [-0.4, -0.2) is 25.2 Å². The molecule has 146 valence electrons. The zero-order valence-corrected chi connectivity index (χ0v) is 16.4. The number of hydrogen-bond acceptors (Lipinski definition) is 6. The van der Waals surface area contributed by atoms with E-state index in [-0.39, 0.29) is 24.8 Å². The van der Waals surface area contributed by atoms with Crippen LogP contribution in [-0.2, 0) is 22.6 Å². The largest absolute Gasteiger partial charge is 0.493 e. The summed E-state index contributed by atoms with van der Waals surface area (Å²) >= 11 is 1.43. The van der Waals surface area contributed by atoms with Crippen LogP contribution in [0.3, 0.4) is 0 Å². The minimum atomic E-state index is -0.300. The Balaban J connectivity index is 1.50. The van der Waals surface area contributed by atoms with E-state index in [2.05, 4.69) is 4.98 Å². The van der Waals surface area contributed by atoms with Gasteiger partial charge in [0.2, 0.25) is 0 Å². The van der Waals surface area contributed by atoms with Gasteiger partial charge < -0.3 is 14.2 Å². The van der Waals surface area contributed by atoms with E-state index in [4.69, 9.17) is 14.2 Å². The topological polar surface area (TPSA) is 57.7 Å². The molecule has 0 amide bonds. The maximum atomic E-state index is 13.0. The van der Waals surface area contributed by atoms with Gasteiger partial charge in [-0.1, -0.05) is 6.07 Å². The molecule has 0 bridgehead atoms. The van der Waals surface area contributed by atoms with E-state index in [0.29, 0.717) is 23.6 Å². The first kappa shape index (κ1) is 19.8. The highest BCUT2D eigenvalue weighted by Gasteiger charge is 2.10. The quantitative estimate of drug-likeness (QED) is 0.515. The van der Waals surface area contributed by atoms with Gasteiger partial charge in [0.05, 0.1) is 19.9 Å². The fraction of sp³-hybridized carbons (Fsp3) is 0.238. The van der Waals surface area contributed by atoms with Crippen LogP contribution in [0.25, 0.3) is 10.6 Å². The van der Waals surface area contributed by atoms with Crippen molar-refractivity contribution >= 4 is 17.3 Å². The van der Waals surface area contributed by atoms with Crippen LogP contribution < -0.4 is 9.47 Å². The van der Waals surface area contributed by atoms with Crippen molar-refractivity contribution in [2.24, 2.45) is 0 Å². The van der Waals surface area contributed by atoms with Gasteiger partial charge in [-0.15, -0.1) is 11.3 Å². The fourth-order valence-corrected chi connectivity index (χ4v) is 3.42. The summed E-state index contributed by atoms with van der Waals surface area (Å²) in [6, 6.07) is 11.7. The number of halogens is 1. The van der Waals surface area contributed by atoms with Gasteiger partial charge in [0.15, 0.2) is 11.5 Å². The van der Waals surface area contributed by atoms with Gasteiger partial charge in [0.1, 0.15) is 17.4 Å². The van der Waals surface area contributed by atoms with Gasteiger partial charge >= 0.3 is 5.97 Å². The van der Waals surface area contributed by atoms with E-state index in [1.807, 2.05) is 23.6 Å². The Morgan fingerprint density at radius 3 is 2.54 bits per heavy atom. The number of aromatic nitrogens is 1. The minimum Gasteiger partial charge on any atom is -0.493 e. The number of nitrogens with zero attached hydrogens (tertiary/aromatic N) is 1. The Bertz CT molecular complexity index is 940. The maximum Gasteiger partial charge on any atom is 0.306 e. The highest BCUT2D eigenvalue weighted by Crippen LogP contribution is 2.28. The molecule has 0 spiro atoms. The zero-order valence-electron chi connectivity index (χ0n) is 15.6. The van der Waals surface area contributed by atoms with Crippen LogP contribution >= 0.6 is 11.3 Å². The van der Waals surface area contributed by atoms with Crippen molar-refractivity contribution in [1.29, 1.82) is 0 Å². The normalized spacial score (nSPS) is 10.5. The molecule has 1 heterocycles. The molecule has 0 unspecified atom stereocenters. The van der Waals surface area contributed by atoms with Crippen LogP contribution in [0.5, 0.6) is 11.5 Å². The average molecular weight is 401 g/mol. The van der Waals surface area contributed by atoms with E-state index >= 15 is 0 Å². The number of methoxy groups -OCH3 is 2. The monoisotopic (exact) mass is 401 g/mol. The van der Waals surface area contributed by atoms with Crippen molar-refractivity contribution in [2.45, 2.75) is 19.4 Å². The van der Waals surface area contributed by atoms with Crippen LogP contribution in [0.2, 0.25) is 0 Å². The molecule has 0 aliphatic carbocycles. The minimum absolute atomic E-state index is 0.114. The molecule has 5 nitrogen and oxygen atoms in total. The summed E-state index contributed by atoms with van der Waals surface area (Å²) in [6.07, 6.45) is 0.793. The first-order valence-electron chi connectivity index (χ1n) is 8.66. The molecule has 28 heavy (non-hydrogen) atoms. The number of thiazole rings is 1. The molecule has 0 aliphatic rings. The van der Waals surface area contributed by atoms with E-state index in [1.165, 1.54) is 23.5 Å². The molecular formula is C21H20FNO4S. The summed E-state index contributed by atoms with van der Waals surface area (Å²) in [5.41, 5.74) is 2.46. The Labute approximate surface area is 166 Å². The summed E-state index contributed by atoms with van der Waals surface area (Å²) in [5, 5.41) is 2.59. The molecule has 3 rings (SSSR count). The molecule has 2 aromatic carbocycles. The molecule has 0 radical (unpaired) electrons. The van der Waals surface area contributed by atoms with Gasteiger partial charge in [0.25, 0.3) is 0 Å². The SMILES string of the molecule is COc1ccc(CCC(=O)OCc2csc(-c3ccc(F)cc3)n2)cc1OC. The molecule has 0 saturated carbocycles. The van der Waals surface area contributed by atoms with Crippen molar-refractivity contribution in [3.8, 4) is 22.1 Å². The Morgan fingerprint density at radius 1 is 1.07 bits per heavy atom. The lowest BCUT2D eigenvalue weighted by Crippen LogP contribution is -2.06. The van der Waals surface area contributed by atoms with E-state index < -0.39 is 0 Å². The van der Waals surface area contributed by atoms with Crippen LogP contribution in [0.4, 0.5) is 4.39 Å². The molecule has 1 aromatic heterocycles. The fourth-order valence-electron chi connectivity index (χ4n) is 2.61. The van der Waals surface area contributed by atoms with Crippen molar-refractivity contribution < 1.29 is 23.4 Å². The lowest BCUT2D eigenvalue weighted by molar-refractivity contribution is -0.145. The first-order chi connectivity index (χ1) is 13.6. The lowest BCUT2D eigenvalue weighted by atomic mass is 10.1. The third kappa shape index (κ3) is 5.07. The Kier molecular flexibility index (Phi) is 6.60. The van der Waals surface area contributed by atoms with Crippen molar-refractivity contribution in [3.05, 3.63) is 64.9 Å². The predicted molar refractivity (Wildman–Crippen MR) is 105 cm³/mol. The van der Waals surface area contributed by atoms with Crippen LogP contribution in [0, 0.1) is 5.82 Å². The van der Waals surface area contributed by atoms with Crippen molar-refractivity contribution in [3.63, 3.8) is 0 Å². The number of hydrogen-bond donors (Lipinski definition) is 0. The highest BCUT2D eigenvalue weighted by molar-refractivity contribution is 7.13. The number of ether oxygens (including phenoxy) is 3. The van der Waals surface area contributed by atoms with Gasteiger partial charge in [-0.05, 0) is 48.4 Å².